The third kappa shape index (κ3) is 5.82. The molecule has 34 heavy (non-hydrogen) atoms. The largest absolute Gasteiger partial charge is 0.488 e. The molecule has 2 unspecified atom stereocenters. The first-order valence-corrected chi connectivity index (χ1v) is 12.3. The van der Waals surface area contributed by atoms with Crippen molar-refractivity contribution in [1.82, 2.24) is 9.97 Å². The Hall–Kier alpha value is -3.21. The summed E-state index contributed by atoms with van der Waals surface area (Å²) in [5, 5.41) is 9.77. The Bertz CT molecular complexity index is 1180. The predicted molar refractivity (Wildman–Crippen MR) is 128 cm³/mol. The average molecular weight is 486 g/mol. The molecular formula is C24H27N3O6S. The van der Waals surface area contributed by atoms with Gasteiger partial charge in [-0.15, -0.1) is 0 Å². The maximum absolute atomic E-state index is 11.6. The second kappa shape index (κ2) is 10.8. The van der Waals surface area contributed by atoms with Crippen LogP contribution in [0.4, 0.5) is 0 Å². The molecule has 9 nitrogen and oxygen atoms in total. The van der Waals surface area contributed by atoms with Crippen LogP contribution in [0.3, 0.4) is 0 Å². The summed E-state index contributed by atoms with van der Waals surface area (Å²) in [4.78, 5) is 11.8. The molecule has 2 aromatic heterocycles. The van der Waals surface area contributed by atoms with Crippen molar-refractivity contribution in [2.45, 2.75) is 24.2 Å². The lowest BCUT2D eigenvalue weighted by Crippen LogP contribution is -2.18. The molecule has 0 saturated carbocycles. The summed E-state index contributed by atoms with van der Waals surface area (Å²) >= 11 is 0. The molecule has 0 aliphatic carbocycles. The lowest BCUT2D eigenvalue weighted by atomic mass is 10.1. The molecule has 0 amide bonds. The third-order valence-corrected chi connectivity index (χ3v) is 5.84. The normalized spacial score (nSPS) is 17.1. The number of pyridine rings is 1. The van der Waals surface area contributed by atoms with E-state index in [1.165, 1.54) is 6.20 Å². The van der Waals surface area contributed by atoms with Gasteiger partial charge in [0, 0.05) is 30.7 Å². The smallest absolute Gasteiger partial charge is 0.233 e. The highest BCUT2D eigenvalue weighted by atomic mass is 32.2. The summed E-state index contributed by atoms with van der Waals surface area (Å²) in [5.74, 6) is 2.15. The summed E-state index contributed by atoms with van der Waals surface area (Å²) in [6, 6.07) is 12.8. The Kier molecular flexibility index (Phi) is 7.61. The minimum Gasteiger partial charge on any atom is -0.488 e. The van der Waals surface area contributed by atoms with E-state index in [0.29, 0.717) is 41.3 Å². The first-order chi connectivity index (χ1) is 16.4. The maximum atomic E-state index is 11.6. The molecule has 3 atom stereocenters. The van der Waals surface area contributed by atoms with Gasteiger partial charge in [0.2, 0.25) is 5.90 Å². The van der Waals surface area contributed by atoms with Gasteiger partial charge < -0.3 is 29.0 Å². The zero-order valence-corrected chi connectivity index (χ0v) is 20.0. The molecule has 180 valence electrons. The number of benzene rings is 1. The van der Waals surface area contributed by atoms with Crippen molar-refractivity contribution in [1.29, 1.82) is 0 Å². The van der Waals surface area contributed by atoms with E-state index in [2.05, 4.69) is 15.0 Å². The number of aromatic amines is 1. The number of nitrogens with one attached hydrogen (secondary N) is 1. The Morgan fingerprint density at radius 1 is 1.18 bits per heavy atom. The lowest BCUT2D eigenvalue weighted by molar-refractivity contribution is 0.0920. The number of rotatable bonds is 10. The summed E-state index contributed by atoms with van der Waals surface area (Å²) in [6.07, 6.45) is 2.64. The molecule has 1 aromatic carbocycles. The average Bonchev–Trinajstić information content (AvgIpc) is 3.49. The zero-order chi connectivity index (χ0) is 24.1. The molecule has 1 aliphatic heterocycles. The fourth-order valence-corrected chi connectivity index (χ4v) is 3.90. The quantitative estimate of drug-likeness (QED) is 0.453. The van der Waals surface area contributed by atoms with Crippen molar-refractivity contribution >= 4 is 16.7 Å². The van der Waals surface area contributed by atoms with Crippen LogP contribution in [0.1, 0.15) is 12.6 Å². The van der Waals surface area contributed by atoms with Crippen molar-refractivity contribution in [3.63, 3.8) is 0 Å². The van der Waals surface area contributed by atoms with Gasteiger partial charge in [0.15, 0.2) is 0 Å². The Morgan fingerprint density at radius 2 is 1.97 bits per heavy atom. The molecule has 0 spiro atoms. The van der Waals surface area contributed by atoms with Crippen LogP contribution in [0.25, 0.3) is 11.3 Å². The molecule has 2 N–H and O–H groups in total. The van der Waals surface area contributed by atoms with Crippen LogP contribution >= 0.6 is 0 Å². The van der Waals surface area contributed by atoms with E-state index in [0.717, 1.165) is 17.0 Å². The van der Waals surface area contributed by atoms with Crippen LogP contribution < -0.4 is 9.47 Å². The summed E-state index contributed by atoms with van der Waals surface area (Å²) in [5.41, 5.74) is 2.37. The fourth-order valence-electron chi connectivity index (χ4n) is 3.44. The minimum atomic E-state index is -1.16. The van der Waals surface area contributed by atoms with Gasteiger partial charge in [-0.1, -0.05) is 0 Å². The van der Waals surface area contributed by atoms with Gasteiger partial charge in [-0.3, -0.25) is 4.21 Å². The molecule has 1 aliphatic rings. The van der Waals surface area contributed by atoms with Crippen LogP contribution in [0.5, 0.6) is 17.2 Å². The van der Waals surface area contributed by atoms with E-state index in [1.54, 1.807) is 31.6 Å². The predicted octanol–water partition coefficient (Wildman–Crippen LogP) is 3.16. The summed E-state index contributed by atoms with van der Waals surface area (Å²) in [6.45, 7) is 2.71. The van der Waals surface area contributed by atoms with E-state index >= 15 is 0 Å². The second-order valence-corrected chi connectivity index (χ2v) is 9.15. The molecule has 0 radical (unpaired) electrons. The van der Waals surface area contributed by atoms with Crippen molar-refractivity contribution in [2.75, 3.05) is 33.1 Å². The van der Waals surface area contributed by atoms with Crippen LogP contribution in [-0.4, -0.2) is 70.5 Å². The Balaban J connectivity index is 1.61. The van der Waals surface area contributed by atoms with E-state index in [9.17, 15) is 9.32 Å². The van der Waals surface area contributed by atoms with Gasteiger partial charge in [0.25, 0.3) is 0 Å². The number of ether oxygens (including phenoxy) is 4. The number of hydrogen-bond acceptors (Lipinski definition) is 8. The van der Waals surface area contributed by atoms with E-state index in [-0.39, 0.29) is 18.8 Å². The first kappa shape index (κ1) is 23.9. The maximum Gasteiger partial charge on any atom is 0.233 e. The number of aliphatic hydroxyl groups excluding tert-OH is 1. The number of aliphatic imine (C=N–C) groups is 1. The van der Waals surface area contributed by atoms with Gasteiger partial charge >= 0.3 is 0 Å². The van der Waals surface area contributed by atoms with E-state index < -0.39 is 10.8 Å². The fraction of sp³-hybridized carbons (Fsp3) is 0.333. The van der Waals surface area contributed by atoms with Gasteiger partial charge in [-0.25, -0.2) is 9.98 Å². The van der Waals surface area contributed by atoms with Crippen molar-refractivity contribution < 1.29 is 28.3 Å². The third-order valence-electron chi connectivity index (χ3n) is 5.01. The SMILES string of the molecule is COC[C@H](C)Oc1cc(Oc2ccc(S(C)=O)nc2)cc(-c2ccc(C3=NCC(CO)O3)[nH]2)c1. The molecular weight excluding hydrogens is 458 g/mol. The van der Waals surface area contributed by atoms with Crippen molar-refractivity contribution in [2.24, 2.45) is 4.99 Å². The molecule has 0 saturated heterocycles. The van der Waals surface area contributed by atoms with E-state index in [4.69, 9.17) is 18.9 Å². The van der Waals surface area contributed by atoms with Gasteiger partial charge in [-0.2, -0.15) is 0 Å². The second-order valence-electron chi connectivity index (χ2n) is 7.82. The topological polar surface area (TPSA) is 115 Å². The number of H-pyrrole nitrogens is 1. The van der Waals surface area contributed by atoms with Crippen molar-refractivity contribution in [3.05, 3.63) is 54.4 Å². The summed E-state index contributed by atoms with van der Waals surface area (Å²) in [7, 11) is 0.462. The number of methoxy groups -OCH3 is 1. The molecule has 4 rings (SSSR count). The zero-order valence-electron chi connectivity index (χ0n) is 19.2. The molecule has 3 heterocycles. The molecule has 0 fully saturated rings. The molecule has 0 bridgehead atoms. The highest BCUT2D eigenvalue weighted by Crippen LogP contribution is 2.33. The van der Waals surface area contributed by atoms with Gasteiger partial charge in [0.1, 0.15) is 40.2 Å². The standard InChI is InChI=1S/C24H27N3O6S/c1-15(14-30-2)31-18-8-16(21-5-6-22(27-21)24-26-12-20(13-28)33-24)9-19(10-18)32-17-4-7-23(25-11-17)34(3)29/h4-11,15,20,27-28H,12-14H2,1-3H3/t15-,20?,34?/m0/s1. The monoisotopic (exact) mass is 485 g/mol. The lowest BCUT2D eigenvalue weighted by Gasteiger charge is -2.16. The molecule has 10 heteroatoms. The number of nitrogens with zero attached hydrogens (tertiary/aromatic N) is 2. The van der Waals surface area contributed by atoms with Crippen LogP contribution in [-0.2, 0) is 20.3 Å². The van der Waals surface area contributed by atoms with Crippen LogP contribution in [0.2, 0.25) is 0 Å². The van der Waals surface area contributed by atoms with Crippen LogP contribution in [0, 0.1) is 0 Å². The number of hydrogen-bond donors (Lipinski definition) is 2. The van der Waals surface area contributed by atoms with Gasteiger partial charge in [-0.05, 0) is 43.3 Å². The van der Waals surface area contributed by atoms with Gasteiger partial charge in [0.05, 0.1) is 36.8 Å². The number of aliphatic hydroxyl groups is 1. The van der Waals surface area contributed by atoms with Crippen molar-refractivity contribution in [3.8, 4) is 28.5 Å². The first-order valence-electron chi connectivity index (χ1n) is 10.7. The highest BCUT2D eigenvalue weighted by molar-refractivity contribution is 7.84. The Labute approximate surface area is 200 Å². The highest BCUT2D eigenvalue weighted by Gasteiger charge is 2.21. The minimum absolute atomic E-state index is 0.0791. The van der Waals surface area contributed by atoms with Crippen LogP contribution in [0.15, 0.2) is 58.7 Å². The Morgan fingerprint density at radius 3 is 2.65 bits per heavy atom. The summed E-state index contributed by atoms with van der Waals surface area (Å²) < 4.78 is 34.5. The number of aromatic nitrogens is 2. The van der Waals surface area contributed by atoms with E-state index in [1.807, 2.05) is 31.2 Å². The molecule has 3 aromatic rings.